The van der Waals surface area contributed by atoms with Crippen molar-refractivity contribution in [2.45, 2.75) is 27.0 Å². The van der Waals surface area contributed by atoms with Crippen LogP contribution in [0.4, 0.5) is 10.5 Å². The van der Waals surface area contributed by atoms with Crippen LogP contribution in [0.3, 0.4) is 0 Å². The van der Waals surface area contributed by atoms with Gasteiger partial charge in [-0.3, -0.25) is 19.8 Å². The zero-order valence-electron chi connectivity index (χ0n) is 20.2. The SMILES string of the molecule is CCOc1cc(/C=C2/NC(=O)N(Cc3ccc(C)cc3)C2=O)c(Br)cc1OCc1ccc([N+](=O)[O-])cc1. The Morgan fingerprint density at radius 1 is 1.00 bits per heavy atom. The third-order valence-corrected chi connectivity index (χ3v) is 6.31. The van der Waals surface area contributed by atoms with Crippen LogP contribution >= 0.6 is 15.9 Å². The highest BCUT2D eigenvalue weighted by Crippen LogP contribution is 2.36. The topological polar surface area (TPSA) is 111 Å². The molecule has 10 heteroatoms. The van der Waals surface area contributed by atoms with Crippen LogP contribution in [0.5, 0.6) is 11.5 Å². The lowest BCUT2D eigenvalue weighted by Crippen LogP contribution is -2.30. The minimum Gasteiger partial charge on any atom is -0.490 e. The molecule has 190 valence electrons. The van der Waals surface area contributed by atoms with Gasteiger partial charge in [-0.05, 0) is 60.9 Å². The van der Waals surface area contributed by atoms with Crippen LogP contribution in [0.2, 0.25) is 0 Å². The van der Waals surface area contributed by atoms with Crippen molar-refractivity contribution in [2.75, 3.05) is 6.61 Å². The molecular weight excluding hydrogens is 542 g/mol. The number of carbonyl (C=O) groups excluding carboxylic acids is 2. The Morgan fingerprint density at radius 3 is 2.30 bits per heavy atom. The molecule has 1 N–H and O–H groups in total. The van der Waals surface area contributed by atoms with Crippen LogP contribution < -0.4 is 14.8 Å². The standard InChI is InChI=1S/C27H24BrN3O6/c1-3-36-24-13-20(22(28)14-25(24)37-16-19-8-10-21(11-9-19)31(34)35)12-23-26(32)30(27(33)29-23)15-18-6-4-17(2)5-7-18/h4-14H,3,15-16H2,1-2H3,(H,29,33)/b23-12+. The summed E-state index contributed by atoms with van der Waals surface area (Å²) in [4.78, 5) is 37.0. The third-order valence-electron chi connectivity index (χ3n) is 5.63. The molecule has 3 amide bonds. The predicted molar refractivity (Wildman–Crippen MR) is 141 cm³/mol. The van der Waals surface area contributed by atoms with Gasteiger partial charge in [-0.25, -0.2) is 4.79 Å². The van der Waals surface area contributed by atoms with Gasteiger partial charge in [0.15, 0.2) is 11.5 Å². The first-order valence-corrected chi connectivity index (χ1v) is 12.3. The van der Waals surface area contributed by atoms with Crippen LogP contribution in [0.25, 0.3) is 6.08 Å². The van der Waals surface area contributed by atoms with Gasteiger partial charge in [-0.15, -0.1) is 0 Å². The molecule has 37 heavy (non-hydrogen) atoms. The molecule has 1 saturated heterocycles. The lowest BCUT2D eigenvalue weighted by Gasteiger charge is -2.14. The Morgan fingerprint density at radius 2 is 1.65 bits per heavy atom. The zero-order valence-corrected chi connectivity index (χ0v) is 21.8. The Balaban J connectivity index is 1.53. The number of nitro groups is 1. The maximum atomic E-state index is 13.0. The van der Waals surface area contributed by atoms with E-state index < -0.39 is 16.9 Å². The predicted octanol–water partition coefficient (Wildman–Crippen LogP) is 5.74. The highest BCUT2D eigenvalue weighted by molar-refractivity contribution is 9.10. The van der Waals surface area contributed by atoms with E-state index in [0.717, 1.165) is 21.6 Å². The highest BCUT2D eigenvalue weighted by Gasteiger charge is 2.33. The summed E-state index contributed by atoms with van der Waals surface area (Å²) in [5.74, 6) is 0.485. The highest BCUT2D eigenvalue weighted by atomic mass is 79.9. The molecule has 3 aromatic rings. The van der Waals surface area contributed by atoms with E-state index in [2.05, 4.69) is 21.2 Å². The van der Waals surface area contributed by atoms with E-state index in [4.69, 9.17) is 9.47 Å². The molecule has 0 bridgehead atoms. The number of nitrogens with one attached hydrogen (secondary N) is 1. The van der Waals surface area contributed by atoms with Crippen molar-refractivity contribution in [3.8, 4) is 11.5 Å². The monoisotopic (exact) mass is 565 g/mol. The van der Waals surface area contributed by atoms with Crippen molar-refractivity contribution in [3.05, 3.63) is 103 Å². The van der Waals surface area contributed by atoms with Crippen LogP contribution in [0.15, 0.2) is 70.8 Å². The summed E-state index contributed by atoms with van der Waals surface area (Å²) in [6.07, 6.45) is 1.59. The summed E-state index contributed by atoms with van der Waals surface area (Å²) in [5, 5.41) is 13.5. The van der Waals surface area contributed by atoms with Crippen molar-refractivity contribution in [1.29, 1.82) is 0 Å². The van der Waals surface area contributed by atoms with E-state index in [1.54, 1.807) is 30.3 Å². The van der Waals surface area contributed by atoms with Gasteiger partial charge >= 0.3 is 6.03 Å². The zero-order chi connectivity index (χ0) is 26.5. The number of non-ortho nitro benzene ring substituents is 1. The summed E-state index contributed by atoms with van der Waals surface area (Å²) >= 11 is 3.51. The molecule has 1 heterocycles. The minimum atomic E-state index is -0.485. The van der Waals surface area contributed by atoms with Gasteiger partial charge in [0, 0.05) is 16.6 Å². The first-order chi connectivity index (χ1) is 17.7. The second kappa shape index (κ2) is 11.3. The largest absolute Gasteiger partial charge is 0.490 e. The Bertz CT molecular complexity index is 1370. The number of rotatable bonds is 9. The first kappa shape index (κ1) is 25.9. The van der Waals surface area contributed by atoms with Crippen molar-refractivity contribution in [1.82, 2.24) is 10.2 Å². The molecule has 0 spiro atoms. The van der Waals surface area contributed by atoms with Gasteiger partial charge in [0.05, 0.1) is 18.1 Å². The summed E-state index contributed by atoms with van der Waals surface area (Å²) in [7, 11) is 0. The number of urea groups is 1. The number of ether oxygens (including phenoxy) is 2. The summed E-state index contributed by atoms with van der Waals surface area (Å²) in [6, 6.07) is 16.7. The molecule has 0 radical (unpaired) electrons. The fourth-order valence-corrected chi connectivity index (χ4v) is 4.10. The van der Waals surface area contributed by atoms with E-state index in [-0.39, 0.29) is 24.5 Å². The van der Waals surface area contributed by atoms with Crippen molar-refractivity contribution in [3.63, 3.8) is 0 Å². The number of hydrogen-bond acceptors (Lipinski definition) is 6. The molecule has 1 aliphatic rings. The van der Waals surface area contributed by atoms with Gasteiger partial charge < -0.3 is 14.8 Å². The third kappa shape index (κ3) is 6.15. The number of carbonyl (C=O) groups is 2. The summed E-state index contributed by atoms with van der Waals surface area (Å²) in [5.41, 5.74) is 3.47. The van der Waals surface area contributed by atoms with E-state index in [9.17, 15) is 19.7 Å². The molecule has 0 atom stereocenters. The maximum absolute atomic E-state index is 13.0. The van der Waals surface area contributed by atoms with Gasteiger partial charge in [-0.1, -0.05) is 45.8 Å². The van der Waals surface area contributed by atoms with E-state index in [1.807, 2.05) is 38.1 Å². The van der Waals surface area contributed by atoms with Gasteiger partial charge in [0.25, 0.3) is 11.6 Å². The average Bonchev–Trinajstić information content (AvgIpc) is 3.14. The number of halogens is 1. The molecular formula is C27H24BrN3O6. The molecule has 9 nitrogen and oxygen atoms in total. The van der Waals surface area contributed by atoms with Gasteiger partial charge in [0.1, 0.15) is 12.3 Å². The summed E-state index contributed by atoms with van der Waals surface area (Å²) in [6.45, 7) is 4.53. The lowest BCUT2D eigenvalue weighted by atomic mass is 10.1. The van der Waals surface area contributed by atoms with Crippen molar-refractivity contribution < 1.29 is 24.0 Å². The second-order valence-corrected chi connectivity index (χ2v) is 9.19. The van der Waals surface area contributed by atoms with Gasteiger partial charge in [0.2, 0.25) is 0 Å². The van der Waals surface area contributed by atoms with Gasteiger partial charge in [-0.2, -0.15) is 0 Å². The Labute approximate surface area is 222 Å². The first-order valence-electron chi connectivity index (χ1n) is 11.5. The molecule has 0 saturated carbocycles. The molecule has 3 aromatic carbocycles. The molecule has 0 aromatic heterocycles. The summed E-state index contributed by atoms with van der Waals surface area (Å²) < 4.78 is 12.3. The number of aryl methyl sites for hydroxylation is 1. The van der Waals surface area contributed by atoms with Crippen LogP contribution in [0.1, 0.15) is 29.2 Å². The number of imide groups is 1. The van der Waals surface area contributed by atoms with Crippen molar-refractivity contribution >= 4 is 39.6 Å². The molecule has 0 aliphatic carbocycles. The Kier molecular flexibility index (Phi) is 7.88. The molecule has 0 unspecified atom stereocenters. The second-order valence-electron chi connectivity index (χ2n) is 8.33. The molecule has 1 aliphatic heterocycles. The number of nitro benzene ring substituents is 1. The van der Waals surface area contributed by atoms with E-state index in [0.29, 0.717) is 28.1 Å². The number of hydrogen-bond donors (Lipinski definition) is 1. The van der Waals surface area contributed by atoms with E-state index >= 15 is 0 Å². The fourth-order valence-electron chi connectivity index (χ4n) is 3.66. The normalized spacial score (nSPS) is 14.1. The average molecular weight is 566 g/mol. The van der Waals surface area contributed by atoms with Crippen molar-refractivity contribution in [2.24, 2.45) is 0 Å². The quantitative estimate of drug-likeness (QED) is 0.153. The van der Waals surface area contributed by atoms with E-state index in [1.165, 1.54) is 12.1 Å². The number of benzene rings is 3. The fraction of sp³-hybridized carbons (Fsp3) is 0.185. The lowest BCUT2D eigenvalue weighted by molar-refractivity contribution is -0.384. The van der Waals surface area contributed by atoms with Crippen LogP contribution in [0, 0.1) is 17.0 Å². The van der Waals surface area contributed by atoms with Crippen LogP contribution in [-0.2, 0) is 17.9 Å². The minimum absolute atomic E-state index is 0.00451. The smallest absolute Gasteiger partial charge is 0.329 e. The molecule has 4 rings (SSSR count). The number of amides is 3. The molecule has 1 fully saturated rings. The maximum Gasteiger partial charge on any atom is 0.329 e. The number of nitrogens with zero attached hydrogens (tertiary/aromatic N) is 2. The van der Waals surface area contributed by atoms with Crippen LogP contribution in [-0.4, -0.2) is 28.4 Å². The Hall–Kier alpha value is -4.18.